The molecule has 0 heterocycles. The fourth-order valence-electron chi connectivity index (χ4n) is 4.97. The number of rotatable bonds is 13. The van der Waals surface area contributed by atoms with Crippen molar-refractivity contribution in [3.05, 3.63) is 125 Å². The maximum absolute atomic E-state index is 14.4. The van der Waals surface area contributed by atoms with Gasteiger partial charge in [0.2, 0.25) is 11.8 Å². The highest BCUT2D eigenvalue weighted by atomic mass is 32.2. The minimum Gasteiger partial charge on any atom is -0.494 e. The molecule has 0 saturated heterocycles. The van der Waals surface area contributed by atoms with Crippen LogP contribution in [0, 0.1) is 13.8 Å². The molecule has 4 aromatic carbocycles. The second-order valence-electron chi connectivity index (χ2n) is 10.6. The molecule has 4 rings (SSSR count). The summed E-state index contributed by atoms with van der Waals surface area (Å²) < 4.78 is 34.9. The van der Waals surface area contributed by atoms with Crippen molar-refractivity contribution in [2.24, 2.45) is 0 Å². The van der Waals surface area contributed by atoms with E-state index in [9.17, 15) is 18.0 Å². The Labute approximate surface area is 260 Å². The zero-order valence-electron chi connectivity index (χ0n) is 25.6. The van der Waals surface area contributed by atoms with Crippen LogP contribution in [0.15, 0.2) is 108 Å². The van der Waals surface area contributed by atoms with E-state index < -0.39 is 28.5 Å². The van der Waals surface area contributed by atoms with Crippen LogP contribution < -0.4 is 14.4 Å². The maximum atomic E-state index is 14.4. The first kappa shape index (κ1) is 32.3. The van der Waals surface area contributed by atoms with Crippen LogP contribution in [0.25, 0.3) is 0 Å². The van der Waals surface area contributed by atoms with Gasteiger partial charge in [0.05, 0.1) is 17.2 Å². The lowest BCUT2D eigenvalue weighted by atomic mass is 10.0. The number of sulfonamides is 1. The molecule has 0 fully saturated rings. The first-order chi connectivity index (χ1) is 21.1. The van der Waals surface area contributed by atoms with Gasteiger partial charge >= 0.3 is 0 Å². The minimum atomic E-state index is -4.19. The number of amides is 2. The van der Waals surface area contributed by atoms with E-state index in [2.05, 4.69) is 5.32 Å². The molecule has 1 atom stereocenters. The van der Waals surface area contributed by atoms with Crippen molar-refractivity contribution >= 4 is 27.5 Å². The molecule has 0 spiro atoms. The van der Waals surface area contributed by atoms with Gasteiger partial charge < -0.3 is 15.0 Å². The highest BCUT2D eigenvalue weighted by molar-refractivity contribution is 7.92. The van der Waals surface area contributed by atoms with Crippen LogP contribution in [0.2, 0.25) is 0 Å². The molecule has 44 heavy (non-hydrogen) atoms. The van der Waals surface area contributed by atoms with Gasteiger partial charge in [0.1, 0.15) is 18.3 Å². The molecule has 0 saturated carbocycles. The summed E-state index contributed by atoms with van der Waals surface area (Å²) in [5, 5.41) is 2.70. The fraction of sp³-hybridized carbons (Fsp3) is 0.257. The third-order valence-electron chi connectivity index (χ3n) is 7.28. The molecule has 0 aromatic heterocycles. The molecule has 0 bridgehead atoms. The van der Waals surface area contributed by atoms with E-state index in [1.54, 1.807) is 36.4 Å². The third-order valence-corrected chi connectivity index (χ3v) is 9.06. The molecule has 1 N–H and O–H groups in total. The Morgan fingerprint density at radius 2 is 1.48 bits per heavy atom. The second-order valence-corrected chi connectivity index (χ2v) is 12.4. The molecule has 230 valence electrons. The van der Waals surface area contributed by atoms with Crippen molar-refractivity contribution in [1.29, 1.82) is 0 Å². The topological polar surface area (TPSA) is 96.0 Å². The number of benzene rings is 4. The molecule has 0 aliphatic rings. The van der Waals surface area contributed by atoms with E-state index in [1.165, 1.54) is 24.1 Å². The lowest BCUT2D eigenvalue weighted by molar-refractivity contribution is -0.139. The SMILES string of the molecule is CCOc1ccc(S(=O)(=O)N(CC(=O)N(Cc2cccc(C)c2)[C@@H](Cc2ccccc2)C(=O)NC)c2ccc(C)cc2)cc1. The number of aryl methyl sites for hydroxylation is 2. The summed E-state index contributed by atoms with van der Waals surface area (Å²) in [6.07, 6.45) is 0.258. The molecule has 0 radical (unpaired) electrons. The van der Waals surface area contributed by atoms with E-state index >= 15 is 0 Å². The molecule has 0 unspecified atom stereocenters. The van der Waals surface area contributed by atoms with E-state index in [4.69, 9.17) is 4.74 Å². The summed E-state index contributed by atoms with van der Waals surface area (Å²) >= 11 is 0. The summed E-state index contributed by atoms with van der Waals surface area (Å²) in [6, 6.07) is 29.4. The molecule has 2 amide bonds. The van der Waals surface area contributed by atoms with Crippen LogP contribution in [-0.4, -0.2) is 51.4 Å². The summed E-state index contributed by atoms with van der Waals surface area (Å²) in [7, 11) is -2.66. The van der Waals surface area contributed by atoms with E-state index in [0.29, 0.717) is 18.0 Å². The van der Waals surface area contributed by atoms with Gasteiger partial charge in [0.15, 0.2) is 0 Å². The molecular formula is C35H39N3O5S. The molecular weight excluding hydrogens is 574 g/mol. The zero-order valence-corrected chi connectivity index (χ0v) is 26.4. The molecule has 4 aromatic rings. The van der Waals surface area contributed by atoms with Crippen LogP contribution in [-0.2, 0) is 32.6 Å². The number of carbonyl (C=O) groups excluding carboxylic acids is 2. The average Bonchev–Trinajstić information content (AvgIpc) is 3.02. The number of hydrogen-bond donors (Lipinski definition) is 1. The first-order valence-corrected chi connectivity index (χ1v) is 16.0. The van der Waals surface area contributed by atoms with Crippen molar-refractivity contribution in [3.8, 4) is 5.75 Å². The van der Waals surface area contributed by atoms with Gasteiger partial charge in [-0.2, -0.15) is 0 Å². The van der Waals surface area contributed by atoms with Crippen molar-refractivity contribution < 1.29 is 22.7 Å². The smallest absolute Gasteiger partial charge is 0.264 e. The van der Waals surface area contributed by atoms with E-state index in [0.717, 1.165) is 26.6 Å². The van der Waals surface area contributed by atoms with Gasteiger partial charge in [0, 0.05) is 20.0 Å². The van der Waals surface area contributed by atoms with Crippen molar-refractivity contribution in [3.63, 3.8) is 0 Å². The number of anilines is 1. The monoisotopic (exact) mass is 613 g/mol. The third kappa shape index (κ3) is 8.05. The Hall–Kier alpha value is -4.63. The van der Waals surface area contributed by atoms with E-state index in [1.807, 2.05) is 75.4 Å². The van der Waals surface area contributed by atoms with Crippen LogP contribution in [0.5, 0.6) is 5.75 Å². The zero-order chi connectivity index (χ0) is 31.7. The van der Waals surface area contributed by atoms with Crippen molar-refractivity contribution in [1.82, 2.24) is 10.2 Å². The quantitative estimate of drug-likeness (QED) is 0.221. The normalized spacial score (nSPS) is 11.8. The lowest BCUT2D eigenvalue weighted by Gasteiger charge is -2.33. The van der Waals surface area contributed by atoms with Gasteiger partial charge in [0.25, 0.3) is 10.0 Å². The largest absolute Gasteiger partial charge is 0.494 e. The highest BCUT2D eigenvalue weighted by Gasteiger charge is 2.34. The molecule has 0 aliphatic heterocycles. The van der Waals surface area contributed by atoms with Gasteiger partial charge in [-0.05, 0) is 68.3 Å². The number of carbonyl (C=O) groups is 2. The Morgan fingerprint density at radius 1 is 0.818 bits per heavy atom. The maximum Gasteiger partial charge on any atom is 0.264 e. The van der Waals surface area contributed by atoms with Gasteiger partial charge in [-0.1, -0.05) is 77.9 Å². The molecule has 8 nitrogen and oxygen atoms in total. The Morgan fingerprint density at radius 3 is 2.09 bits per heavy atom. The fourth-order valence-corrected chi connectivity index (χ4v) is 6.38. The summed E-state index contributed by atoms with van der Waals surface area (Å²) in [6.45, 7) is 5.77. The number of nitrogens with one attached hydrogen (secondary N) is 1. The summed E-state index contributed by atoms with van der Waals surface area (Å²) in [5.74, 6) is -0.305. The lowest BCUT2D eigenvalue weighted by Crippen LogP contribution is -2.53. The van der Waals surface area contributed by atoms with Crippen molar-refractivity contribution in [2.45, 2.75) is 44.7 Å². The Bertz CT molecular complexity index is 1660. The predicted molar refractivity (Wildman–Crippen MR) is 173 cm³/mol. The van der Waals surface area contributed by atoms with Crippen LogP contribution in [0.3, 0.4) is 0 Å². The number of hydrogen-bond acceptors (Lipinski definition) is 5. The predicted octanol–water partition coefficient (Wildman–Crippen LogP) is 5.28. The number of ether oxygens (including phenoxy) is 1. The highest BCUT2D eigenvalue weighted by Crippen LogP contribution is 2.27. The summed E-state index contributed by atoms with van der Waals surface area (Å²) in [5.41, 5.74) is 4.00. The second kappa shape index (κ2) is 14.7. The summed E-state index contributed by atoms with van der Waals surface area (Å²) in [4.78, 5) is 29.2. The number of likely N-dealkylation sites (N-methyl/N-ethyl adjacent to an activating group) is 1. The van der Waals surface area contributed by atoms with Crippen LogP contribution in [0.4, 0.5) is 5.69 Å². The number of nitrogens with zero attached hydrogens (tertiary/aromatic N) is 2. The first-order valence-electron chi connectivity index (χ1n) is 14.5. The Kier molecular flexibility index (Phi) is 10.8. The Balaban J connectivity index is 1.77. The van der Waals surface area contributed by atoms with Crippen LogP contribution >= 0.6 is 0 Å². The minimum absolute atomic E-state index is 0.0201. The molecule has 9 heteroatoms. The van der Waals surface area contributed by atoms with E-state index in [-0.39, 0.29) is 23.8 Å². The van der Waals surface area contributed by atoms with Crippen LogP contribution in [0.1, 0.15) is 29.2 Å². The van der Waals surface area contributed by atoms with Gasteiger partial charge in [-0.25, -0.2) is 8.42 Å². The van der Waals surface area contributed by atoms with Gasteiger partial charge in [-0.15, -0.1) is 0 Å². The standard InChI is InChI=1S/C35H39N3O5S/c1-5-43-31-18-20-32(21-19-31)44(41,42)38(30-16-14-26(2)15-17-30)25-34(39)37(24-29-13-9-10-27(3)22-29)33(35(40)36-4)23-28-11-7-6-8-12-28/h6-22,33H,5,23-25H2,1-4H3,(H,36,40)/t33-/m0/s1. The van der Waals surface area contributed by atoms with Gasteiger partial charge in [-0.3, -0.25) is 13.9 Å². The average molecular weight is 614 g/mol. The van der Waals surface area contributed by atoms with Crippen molar-refractivity contribution in [2.75, 3.05) is 24.5 Å². The molecule has 0 aliphatic carbocycles.